The van der Waals surface area contributed by atoms with E-state index in [0.29, 0.717) is 6.04 Å². The summed E-state index contributed by atoms with van der Waals surface area (Å²) in [6, 6.07) is 11.5. The van der Waals surface area contributed by atoms with Gasteiger partial charge in [0, 0.05) is 18.2 Å². The van der Waals surface area contributed by atoms with Crippen molar-refractivity contribution >= 4 is 0 Å². The molecule has 0 aliphatic heterocycles. The molecule has 0 atom stereocenters. The van der Waals surface area contributed by atoms with Gasteiger partial charge in [-0.15, -0.1) is 0 Å². The molecule has 138 valence electrons. The van der Waals surface area contributed by atoms with Crippen molar-refractivity contribution in [1.29, 1.82) is 0 Å². The van der Waals surface area contributed by atoms with Crippen LogP contribution in [-0.4, -0.2) is 21.0 Å². The highest BCUT2D eigenvalue weighted by Gasteiger charge is 2.47. The third-order valence-electron chi connectivity index (χ3n) is 6.94. The normalized spacial score (nSPS) is 32.5. The minimum Gasteiger partial charge on any atom is -0.308 e. The van der Waals surface area contributed by atoms with Gasteiger partial charge >= 0.3 is 0 Å². The molecule has 0 saturated heterocycles. The minimum atomic E-state index is 0.285. The average Bonchev–Trinajstić information content (AvgIpc) is 3.06. The van der Waals surface area contributed by atoms with Gasteiger partial charge < -0.3 is 5.32 Å². The Hall–Kier alpha value is -1.68. The number of hydrogen-bond acceptors (Lipinski definition) is 3. The summed E-state index contributed by atoms with van der Waals surface area (Å²) in [5.74, 6) is 3.84. The number of aromatic nitrogens is 3. The lowest BCUT2D eigenvalue weighted by Gasteiger charge is -2.54. The Morgan fingerprint density at radius 3 is 2.23 bits per heavy atom. The summed E-state index contributed by atoms with van der Waals surface area (Å²) in [5, 5.41) is 13.6. The molecular weight excluding hydrogens is 320 g/mol. The molecule has 1 N–H and O–H groups in total. The van der Waals surface area contributed by atoms with Gasteiger partial charge in [0.05, 0.1) is 6.04 Å². The van der Waals surface area contributed by atoms with Gasteiger partial charge in [-0.05, 0) is 69.6 Å². The molecule has 4 saturated carbocycles. The molecule has 26 heavy (non-hydrogen) atoms. The highest BCUT2D eigenvalue weighted by atomic mass is 15.5. The van der Waals surface area contributed by atoms with Crippen molar-refractivity contribution in [3.8, 4) is 11.3 Å². The van der Waals surface area contributed by atoms with Crippen LogP contribution in [0.1, 0.15) is 57.7 Å². The summed E-state index contributed by atoms with van der Waals surface area (Å²) in [5.41, 5.74) is 3.30. The molecule has 4 bridgehead atoms. The summed E-state index contributed by atoms with van der Waals surface area (Å²) in [6.45, 7) is 5.12. The maximum absolute atomic E-state index is 4.83. The van der Waals surface area contributed by atoms with Crippen molar-refractivity contribution in [3.05, 3.63) is 36.0 Å². The molecule has 4 heteroatoms. The summed E-state index contributed by atoms with van der Waals surface area (Å²) in [4.78, 5) is 1.87. The Labute approximate surface area is 156 Å². The number of nitrogens with zero attached hydrogens (tertiary/aromatic N) is 3. The van der Waals surface area contributed by atoms with Gasteiger partial charge in [0.2, 0.25) is 0 Å². The van der Waals surface area contributed by atoms with Gasteiger partial charge in [-0.2, -0.15) is 15.0 Å². The van der Waals surface area contributed by atoms with Crippen LogP contribution in [0.3, 0.4) is 0 Å². The van der Waals surface area contributed by atoms with Gasteiger partial charge in [-0.3, -0.25) is 0 Å². The van der Waals surface area contributed by atoms with Crippen LogP contribution < -0.4 is 5.32 Å². The van der Waals surface area contributed by atoms with Crippen molar-refractivity contribution in [3.63, 3.8) is 0 Å². The predicted molar refractivity (Wildman–Crippen MR) is 104 cm³/mol. The average molecular weight is 351 g/mol. The molecule has 2 aromatic rings. The zero-order valence-corrected chi connectivity index (χ0v) is 15.9. The zero-order valence-electron chi connectivity index (χ0n) is 15.9. The Morgan fingerprint density at radius 1 is 0.962 bits per heavy atom. The molecule has 1 aromatic carbocycles. The molecule has 1 aromatic heterocycles. The number of nitrogens with one attached hydrogen (secondary N) is 1. The van der Waals surface area contributed by atoms with Crippen LogP contribution in [0.4, 0.5) is 0 Å². The molecule has 0 spiro atoms. The monoisotopic (exact) mass is 350 g/mol. The Bertz CT molecular complexity index is 736. The van der Waals surface area contributed by atoms with Crippen LogP contribution in [0.25, 0.3) is 11.3 Å². The summed E-state index contributed by atoms with van der Waals surface area (Å²) in [6.07, 6.45) is 7.33. The van der Waals surface area contributed by atoms with Crippen LogP contribution in [0.2, 0.25) is 0 Å². The van der Waals surface area contributed by atoms with Gasteiger partial charge in [0.1, 0.15) is 11.4 Å². The largest absolute Gasteiger partial charge is 0.308 e. The van der Waals surface area contributed by atoms with E-state index < -0.39 is 0 Å². The highest BCUT2D eigenvalue weighted by molar-refractivity contribution is 5.60. The first kappa shape index (κ1) is 16.5. The van der Waals surface area contributed by atoms with Crippen LogP contribution in [0.15, 0.2) is 30.3 Å². The maximum atomic E-state index is 4.83. The van der Waals surface area contributed by atoms with Gasteiger partial charge in [-0.25, -0.2) is 0 Å². The van der Waals surface area contributed by atoms with E-state index in [2.05, 4.69) is 49.5 Å². The standard InChI is InChI=1S/C22H30N4/c1-14(2)26-24-20(22(25-26)17-6-4-3-5-7-17)13-23-21-18-9-15-8-16(11-18)12-19(21)10-15/h3-7,14-16,18-19,21,23H,8-13H2,1-2H3. The quantitative estimate of drug-likeness (QED) is 0.867. The third kappa shape index (κ3) is 2.88. The lowest BCUT2D eigenvalue weighted by atomic mass is 9.54. The molecule has 0 unspecified atom stereocenters. The van der Waals surface area contributed by atoms with Gasteiger partial charge in [0.25, 0.3) is 0 Å². The van der Waals surface area contributed by atoms with Crippen molar-refractivity contribution in [2.75, 3.05) is 0 Å². The van der Waals surface area contributed by atoms with Crippen LogP contribution in [0, 0.1) is 23.7 Å². The summed E-state index contributed by atoms with van der Waals surface area (Å²) < 4.78 is 0. The van der Waals surface area contributed by atoms with E-state index in [-0.39, 0.29) is 6.04 Å². The topological polar surface area (TPSA) is 42.7 Å². The van der Waals surface area contributed by atoms with E-state index in [0.717, 1.165) is 41.6 Å². The molecule has 4 fully saturated rings. The van der Waals surface area contributed by atoms with Gasteiger partial charge in [-0.1, -0.05) is 30.3 Å². The molecule has 0 radical (unpaired) electrons. The molecule has 4 aliphatic rings. The highest BCUT2D eigenvalue weighted by Crippen LogP contribution is 2.53. The fourth-order valence-corrected chi connectivity index (χ4v) is 6.00. The smallest absolute Gasteiger partial charge is 0.117 e. The fourth-order valence-electron chi connectivity index (χ4n) is 6.00. The first-order valence-electron chi connectivity index (χ1n) is 10.4. The lowest BCUT2D eigenvalue weighted by molar-refractivity contribution is -0.0143. The molecule has 6 rings (SSSR count). The second kappa shape index (κ2) is 6.49. The zero-order chi connectivity index (χ0) is 17.7. The molecule has 0 amide bonds. The predicted octanol–water partition coefficient (Wildman–Crippen LogP) is 4.44. The van der Waals surface area contributed by atoms with E-state index in [1.54, 1.807) is 0 Å². The summed E-state index contributed by atoms with van der Waals surface area (Å²) >= 11 is 0. The second-order valence-electron chi connectivity index (χ2n) is 9.11. The van der Waals surface area contributed by atoms with Crippen LogP contribution >= 0.6 is 0 Å². The Morgan fingerprint density at radius 2 is 1.62 bits per heavy atom. The first-order valence-corrected chi connectivity index (χ1v) is 10.4. The third-order valence-corrected chi connectivity index (χ3v) is 6.94. The van der Waals surface area contributed by atoms with Crippen LogP contribution in [0.5, 0.6) is 0 Å². The van der Waals surface area contributed by atoms with E-state index in [9.17, 15) is 0 Å². The SMILES string of the molecule is CC(C)n1nc(CNC2C3CC4CC(C3)CC2C4)c(-c2ccccc2)n1. The van der Waals surface area contributed by atoms with Crippen LogP contribution in [-0.2, 0) is 6.54 Å². The van der Waals surface area contributed by atoms with Crippen molar-refractivity contribution in [2.24, 2.45) is 23.7 Å². The van der Waals surface area contributed by atoms with Crippen molar-refractivity contribution in [1.82, 2.24) is 20.3 Å². The Kier molecular flexibility index (Phi) is 4.11. The van der Waals surface area contributed by atoms with E-state index in [4.69, 9.17) is 10.2 Å². The van der Waals surface area contributed by atoms with Gasteiger partial charge in [0.15, 0.2) is 0 Å². The van der Waals surface area contributed by atoms with E-state index >= 15 is 0 Å². The van der Waals surface area contributed by atoms with E-state index in [1.807, 2.05) is 4.80 Å². The molecule has 4 nitrogen and oxygen atoms in total. The maximum Gasteiger partial charge on any atom is 0.117 e. The molecular formula is C22H30N4. The number of hydrogen-bond donors (Lipinski definition) is 1. The Balaban J connectivity index is 1.37. The van der Waals surface area contributed by atoms with Crippen molar-refractivity contribution < 1.29 is 0 Å². The second-order valence-corrected chi connectivity index (χ2v) is 9.11. The number of benzene rings is 1. The van der Waals surface area contributed by atoms with E-state index in [1.165, 1.54) is 37.7 Å². The number of rotatable bonds is 5. The fraction of sp³-hybridized carbons (Fsp3) is 0.636. The molecule has 4 aliphatic carbocycles. The molecule has 1 heterocycles. The van der Waals surface area contributed by atoms with Crippen molar-refractivity contribution in [2.45, 2.75) is 64.6 Å². The minimum absolute atomic E-state index is 0.285. The summed E-state index contributed by atoms with van der Waals surface area (Å²) in [7, 11) is 0. The lowest BCUT2D eigenvalue weighted by Crippen LogP contribution is -2.54. The first-order chi connectivity index (χ1) is 12.7.